The molecule has 0 bridgehead atoms. The van der Waals surface area contributed by atoms with Gasteiger partial charge in [-0.25, -0.2) is 0 Å². The van der Waals surface area contributed by atoms with Crippen LogP contribution in [0.3, 0.4) is 0 Å². The van der Waals surface area contributed by atoms with Crippen LogP contribution < -0.4 is 0 Å². The summed E-state index contributed by atoms with van der Waals surface area (Å²) >= 11 is 4.25. The maximum absolute atomic E-state index is 8.72. The second-order valence-electron chi connectivity index (χ2n) is 3.18. The maximum Gasteiger partial charge on any atom is 0.0637 e. The quantitative estimate of drug-likeness (QED) is 0.630. The van der Waals surface area contributed by atoms with Gasteiger partial charge in [0.15, 0.2) is 0 Å². The van der Waals surface area contributed by atoms with Gasteiger partial charge >= 0.3 is 0 Å². The fourth-order valence-electron chi connectivity index (χ4n) is 1.67. The molecule has 1 heterocycles. The molecule has 0 amide bonds. The number of ether oxygens (including phenoxy) is 1. The minimum absolute atomic E-state index is 0.224. The van der Waals surface area contributed by atoms with Gasteiger partial charge in [0.1, 0.15) is 0 Å². The van der Waals surface area contributed by atoms with Crippen LogP contribution in [-0.2, 0) is 4.74 Å². The lowest BCUT2D eigenvalue weighted by Gasteiger charge is -2.14. The van der Waals surface area contributed by atoms with Crippen LogP contribution >= 0.6 is 12.6 Å². The van der Waals surface area contributed by atoms with Gasteiger partial charge in [0.05, 0.1) is 12.2 Å². The summed E-state index contributed by atoms with van der Waals surface area (Å²) in [5.74, 6) is 1.41. The van der Waals surface area contributed by atoms with Crippen molar-refractivity contribution in [2.45, 2.75) is 32.0 Å². The molecule has 0 aromatic carbocycles. The average molecular weight is 176 g/mol. The molecule has 2 nitrogen and oxygen atoms in total. The Labute approximate surface area is 73.4 Å². The van der Waals surface area contributed by atoms with Crippen molar-refractivity contribution < 1.29 is 9.84 Å². The Morgan fingerprint density at radius 3 is 2.91 bits per heavy atom. The summed E-state index contributed by atoms with van der Waals surface area (Å²) in [6.45, 7) is 2.30. The van der Waals surface area contributed by atoms with E-state index < -0.39 is 0 Å². The van der Waals surface area contributed by atoms with Crippen molar-refractivity contribution in [3.05, 3.63) is 0 Å². The molecule has 1 aliphatic rings. The zero-order chi connectivity index (χ0) is 8.27. The van der Waals surface area contributed by atoms with Crippen LogP contribution in [-0.4, -0.2) is 29.7 Å². The van der Waals surface area contributed by atoms with E-state index in [0.717, 1.165) is 18.6 Å². The van der Waals surface area contributed by atoms with E-state index in [1.807, 2.05) is 0 Å². The van der Waals surface area contributed by atoms with Crippen LogP contribution in [0.25, 0.3) is 0 Å². The molecule has 1 rings (SSSR count). The molecule has 3 atom stereocenters. The summed E-state index contributed by atoms with van der Waals surface area (Å²) in [6.07, 6.45) is 2.44. The molecular formula is C8H16O2S. The monoisotopic (exact) mass is 176 g/mol. The van der Waals surface area contributed by atoms with E-state index in [2.05, 4.69) is 19.6 Å². The molecular weight excluding hydrogens is 160 g/mol. The third kappa shape index (κ3) is 2.36. The number of thiol groups is 1. The first kappa shape index (κ1) is 9.36. The highest BCUT2D eigenvalue weighted by Crippen LogP contribution is 2.28. The Morgan fingerprint density at radius 1 is 1.64 bits per heavy atom. The van der Waals surface area contributed by atoms with Crippen LogP contribution in [0.5, 0.6) is 0 Å². The molecule has 0 unspecified atom stereocenters. The lowest BCUT2D eigenvalue weighted by Crippen LogP contribution is -2.18. The van der Waals surface area contributed by atoms with Crippen LogP contribution in [0.4, 0.5) is 0 Å². The van der Waals surface area contributed by atoms with E-state index in [1.54, 1.807) is 0 Å². The van der Waals surface area contributed by atoms with Crippen molar-refractivity contribution in [2.75, 3.05) is 12.4 Å². The maximum atomic E-state index is 8.72. The van der Waals surface area contributed by atoms with Gasteiger partial charge in [-0.15, -0.1) is 0 Å². The first-order valence-electron chi connectivity index (χ1n) is 4.15. The lowest BCUT2D eigenvalue weighted by molar-refractivity contribution is 0.0307. The summed E-state index contributed by atoms with van der Waals surface area (Å²) in [5, 5.41) is 8.72. The minimum Gasteiger partial charge on any atom is -0.396 e. The Morgan fingerprint density at radius 2 is 2.36 bits per heavy atom. The van der Waals surface area contributed by atoms with E-state index in [1.165, 1.54) is 0 Å². The molecule has 0 saturated carbocycles. The normalized spacial score (nSPS) is 37.9. The predicted molar refractivity (Wildman–Crippen MR) is 48.0 cm³/mol. The smallest absolute Gasteiger partial charge is 0.0637 e. The Hall–Kier alpha value is 0.270. The topological polar surface area (TPSA) is 29.5 Å². The fourth-order valence-corrected chi connectivity index (χ4v) is 2.05. The molecule has 1 fully saturated rings. The van der Waals surface area contributed by atoms with Crippen molar-refractivity contribution in [3.8, 4) is 0 Å². The van der Waals surface area contributed by atoms with Crippen molar-refractivity contribution in [3.63, 3.8) is 0 Å². The van der Waals surface area contributed by atoms with Crippen molar-refractivity contribution in [1.29, 1.82) is 0 Å². The summed E-state index contributed by atoms with van der Waals surface area (Å²) in [4.78, 5) is 0. The molecule has 0 spiro atoms. The van der Waals surface area contributed by atoms with Crippen LogP contribution in [0.2, 0.25) is 0 Å². The van der Waals surface area contributed by atoms with Gasteiger partial charge in [0.25, 0.3) is 0 Å². The highest BCUT2D eigenvalue weighted by Gasteiger charge is 2.30. The van der Waals surface area contributed by atoms with Crippen molar-refractivity contribution in [1.82, 2.24) is 0 Å². The summed E-state index contributed by atoms with van der Waals surface area (Å²) < 4.78 is 5.60. The zero-order valence-corrected chi connectivity index (χ0v) is 7.76. The second kappa shape index (κ2) is 4.33. The first-order valence-corrected chi connectivity index (χ1v) is 4.78. The summed E-state index contributed by atoms with van der Waals surface area (Å²) in [7, 11) is 0. The van der Waals surface area contributed by atoms with Crippen LogP contribution in [0.15, 0.2) is 0 Å². The largest absolute Gasteiger partial charge is 0.396 e. The standard InChI is InChI=1S/C8H16O2S/c1-6-4-7(5-11)8(10-6)2-3-9/h6-9,11H,2-5H2,1H3/t6-,7-,8+/m0/s1. The molecule has 0 aromatic heterocycles. The van der Waals surface area contributed by atoms with Crippen molar-refractivity contribution >= 4 is 12.6 Å². The Balaban J connectivity index is 2.37. The van der Waals surface area contributed by atoms with Gasteiger partial charge in [0, 0.05) is 6.61 Å². The summed E-state index contributed by atoms with van der Waals surface area (Å²) in [6, 6.07) is 0. The van der Waals surface area contributed by atoms with Gasteiger partial charge in [-0.2, -0.15) is 12.6 Å². The Bertz CT molecular complexity index is 119. The van der Waals surface area contributed by atoms with E-state index in [9.17, 15) is 0 Å². The van der Waals surface area contributed by atoms with Gasteiger partial charge in [-0.1, -0.05) is 0 Å². The molecule has 1 saturated heterocycles. The number of hydrogen-bond donors (Lipinski definition) is 2. The third-order valence-electron chi connectivity index (χ3n) is 2.22. The molecule has 0 aliphatic carbocycles. The van der Waals surface area contributed by atoms with Crippen LogP contribution in [0.1, 0.15) is 19.8 Å². The highest BCUT2D eigenvalue weighted by molar-refractivity contribution is 7.80. The average Bonchev–Trinajstić information content (AvgIpc) is 2.32. The second-order valence-corrected chi connectivity index (χ2v) is 3.54. The lowest BCUT2D eigenvalue weighted by atomic mass is 10.00. The molecule has 11 heavy (non-hydrogen) atoms. The SMILES string of the molecule is C[C@H]1C[C@@H](CS)[C@@H](CCO)O1. The zero-order valence-electron chi connectivity index (χ0n) is 6.86. The Kier molecular flexibility index (Phi) is 3.69. The van der Waals surface area contributed by atoms with E-state index in [-0.39, 0.29) is 12.7 Å². The highest BCUT2D eigenvalue weighted by atomic mass is 32.1. The third-order valence-corrected chi connectivity index (χ3v) is 2.68. The van der Waals surface area contributed by atoms with Crippen molar-refractivity contribution in [2.24, 2.45) is 5.92 Å². The number of aliphatic hydroxyl groups excluding tert-OH is 1. The first-order chi connectivity index (χ1) is 5.27. The van der Waals surface area contributed by atoms with Crippen LogP contribution in [0, 0.1) is 5.92 Å². The molecule has 1 N–H and O–H groups in total. The molecule has 0 radical (unpaired) electrons. The van der Waals surface area contributed by atoms with E-state index >= 15 is 0 Å². The van der Waals surface area contributed by atoms with Gasteiger partial charge in [0.2, 0.25) is 0 Å². The number of aliphatic hydroxyl groups is 1. The van der Waals surface area contributed by atoms with E-state index in [4.69, 9.17) is 9.84 Å². The predicted octanol–water partition coefficient (Wildman–Crippen LogP) is 1.09. The number of hydrogen-bond acceptors (Lipinski definition) is 3. The van der Waals surface area contributed by atoms with Gasteiger partial charge < -0.3 is 9.84 Å². The fraction of sp³-hybridized carbons (Fsp3) is 1.00. The molecule has 66 valence electrons. The molecule has 0 aromatic rings. The minimum atomic E-state index is 0.224. The molecule has 3 heteroatoms. The number of rotatable bonds is 3. The van der Waals surface area contributed by atoms with E-state index in [0.29, 0.717) is 12.0 Å². The van der Waals surface area contributed by atoms with Gasteiger partial charge in [-0.05, 0) is 31.4 Å². The molecule has 1 aliphatic heterocycles. The van der Waals surface area contributed by atoms with Gasteiger partial charge in [-0.3, -0.25) is 0 Å². The summed E-state index contributed by atoms with van der Waals surface area (Å²) in [5.41, 5.74) is 0.